The van der Waals surface area contributed by atoms with Crippen molar-refractivity contribution < 1.29 is 0 Å². The quantitative estimate of drug-likeness (QED) is 0.515. The lowest BCUT2D eigenvalue weighted by atomic mass is 9.97. The highest BCUT2D eigenvalue weighted by atomic mass is 35.5. The Balaban J connectivity index is 1.78. The normalized spacial score (nSPS) is 15.2. The summed E-state index contributed by atoms with van der Waals surface area (Å²) in [6.45, 7) is 6.56. The lowest BCUT2D eigenvalue weighted by Gasteiger charge is -2.24. The van der Waals surface area contributed by atoms with Crippen molar-refractivity contribution in [2.24, 2.45) is 4.99 Å². The fourth-order valence-corrected chi connectivity index (χ4v) is 3.42. The predicted molar refractivity (Wildman–Crippen MR) is 104 cm³/mol. The average molecular weight is 341 g/mol. The number of likely N-dealkylation sites (tertiary alicyclic amines) is 1. The minimum absolute atomic E-state index is 0.835. The first-order valence-electron chi connectivity index (χ1n) is 8.75. The van der Waals surface area contributed by atoms with Gasteiger partial charge in [-0.2, -0.15) is 0 Å². The molecule has 0 radical (unpaired) electrons. The van der Waals surface area contributed by atoms with E-state index in [2.05, 4.69) is 36.9 Å². The molecule has 1 fully saturated rings. The number of benzene rings is 2. The van der Waals surface area contributed by atoms with Crippen LogP contribution in [0.2, 0.25) is 5.02 Å². The van der Waals surface area contributed by atoms with Gasteiger partial charge in [-0.1, -0.05) is 35.9 Å². The Bertz CT molecular complexity index is 731. The summed E-state index contributed by atoms with van der Waals surface area (Å²) < 4.78 is 0. The van der Waals surface area contributed by atoms with E-state index in [4.69, 9.17) is 16.6 Å². The van der Waals surface area contributed by atoms with Crippen molar-refractivity contribution in [2.45, 2.75) is 39.5 Å². The number of piperidine rings is 1. The van der Waals surface area contributed by atoms with E-state index >= 15 is 0 Å². The Morgan fingerprint density at radius 3 is 2.50 bits per heavy atom. The van der Waals surface area contributed by atoms with Gasteiger partial charge < -0.3 is 4.90 Å². The molecule has 2 aromatic rings. The number of nitrogens with zero attached hydrogens (tertiary/aromatic N) is 2. The van der Waals surface area contributed by atoms with E-state index in [0.29, 0.717) is 0 Å². The topological polar surface area (TPSA) is 15.6 Å². The highest BCUT2D eigenvalue weighted by molar-refractivity contribution is 6.31. The van der Waals surface area contributed by atoms with E-state index < -0.39 is 0 Å². The molecule has 0 aromatic heterocycles. The number of hydrogen-bond acceptors (Lipinski definition) is 1. The summed E-state index contributed by atoms with van der Waals surface area (Å²) in [6, 6.07) is 12.5. The first-order chi connectivity index (χ1) is 11.6. The molecule has 1 heterocycles. The Labute approximate surface area is 150 Å². The SMILES string of the molecule is Cc1cc(N=CN2CCCCC2)c(C)cc1Cc1ccccc1Cl. The molecule has 1 aliphatic rings. The van der Waals surface area contributed by atoms with Crippen LogP contribution in [0, 0.1) is 13.8 Å². The molecule has 0 spiro atoms. The summed E-state index contributed by atoms with van der Waals surface area (Å²) in [5.74, 6) is 0. The van der Waals surface area contributed by atoms with Crippen molar-refractivity contribution in [3.05, 3.63) is 63.7 Å². The van der Waals surface area contributed by atoms with Gasteiger partial charge in [-0.05, 0) is 73.9 Å². The van der Waals surface area contributed by atoms with Crippen LogP contribution in [0.3, 0.4) is 0 Å². The van der Waals surface area contributed by atoms with Gasteiger partial charge in [0.1, 0.15) is 0 Å². The van der Waals surface area contributed by atoms with Crippen LogP contribution in [0.25, 0.3) is 0 Å². The third-order valence-electron chi connectivity index (χ3n) is 4.74. The Morgan fingerprint density at radius 2 is 1.75 bits per heavy atom. The maximum atomic E-state index is 6.30. The van der Waals surface area contributed by atoms with Crippen molar-refractivity contribution in [1.82, 2.24) is 4.90 Å². The van der Waals surface area contributed by atoms with Gasteiger partial charge in [-0.25, -0.2) is 4.99 Å². The van der Waals surface area contributed by atoms with Crippen LogP contribution in [0.5, 0.6) is 0 Å². The second kappa shape index (κ2) is 7.85. The molecule has 3 heteroatoms. The molecular formula is C21H25ClN2. The van der Waals surface area contributed by atoms with E-state index in [0.717, 1.165) is 30.2 Å². The van der Waals surface area contributed by atoms with Gasteiger partial charge in [0, 0.05) is 18.1 Å². The van der Waals surface area contributed by atoms with Crippen molar-refractivity contribution in [3.63, 3.8) is 0 Å². The predicted octanol–water partition coefficient (Wildman–Crippen LogP) is 5.69. The maximum Gasteiger partial charge on any atom is 0.0912 e. The molecule has 126 valence electrons. The molecule has 0 atom stereocenters. The number of rotatable bonds is 4. The van der Waals surface area contributed by atoms with Crippen LogP contribution in [-0.4, -0.2) is 24.3 Å². The Kier molecular flexibility index (Phi) is 5.57. The van der Waals surface area contributed by atoms with Gasteiger partial charge in [0.05, 0.1) is 12.0 Å². The third kappa shape index (κ3) is 4.18. The van der Waals surface area contributed by atoms with E-state index in [9.17, 15) is 0 Å². The second-order valence-electron chi connectivity index (χ2n) is 6.67. The van der Waals surface area contributed by atoms with E-state index in [-0.39, 0.29) is 0 Å². The van der Waals surface area contributed by atoms with Crippen LogP contribution >= 0.6 is 11.6 Å². The maximum absolute atomic E-state index is 6.30. The van der Waals surface area contributed by atoms with Crippen molar-refractivity contribution in [1.29, 1.82) is 0 Å². The van der Waals surface area contributed by atoms with E-state index in [1.807, 2.05) is 24.5 Å². The molecule has 0 unspecified atom stereocenters. The molecular weight excluding hydrogens is 316 g/mol. The number of aryl methyl sites for hydroxylation is 2. The molecule has 0 N–H and O–H groups in total. The molecule has 2 nitrogen and oxygen atoms in total. The summed E-state index contributed by atoms with van der Waals surface area (Å²) in [4.78, 5) is 7.06. The third-order valence-corrected chi connectivity index (χ3v) is 5.11. The van der Waals surface area contributed by atoms with Crippen molar-refractivity contribution >= 4 is 23.6 Å². The van der Waals surface area contributed by atoms with Gasteiger partial charge in [0.25, 0.3) is 0 Å². The zero-order valence-corrected chi connectivity index (χ0v) is 15.3. The summed E-state index contributed by atoms with van der Waals surface area (Å²) in [5, 5.41) is 0.835. The fourth-order valence-electron chi connectivity index (χ4n) is 3.21. The monoisotopic (exact) mass is 340 g/mol. The molecule has 1 saturated heterocycles. The lowest BCUT2D eigenvalue weighted by Crippen LogP contribution is -2.28. The average Bonchev–Trinajstić information content (AvgIpc) is 2.59. The Morgan fingerprint density at radius 1 is 1.00 bits per heavy atom. The van der Waals surface area contributed by atoms with E-state index in [1.54, 1.807) is 0 Å². The summed E-state index contributed by atoms with van der Waals surface area (Å²) >= 11 is 6.30. The van der Waals surface area contributed by atoms with Crippen LogP contribution in [-0.2, 0) is 6.42 Å². The van der Waals surface area contributed by atoms with Gasteiger partial charge in [0.15, 0.2) is 0 Å². The van der Waals surface area contributed by atoms with Crippen LogP contribution in [0.1, 0.15) is 41.5 Å². The van der Waals surface area contributed by atoms with Gasteiger partial charge in [0.2, 0.25) is 0 Å². The molecule has 2 aromatic carbocycles. The lowest BCUT2D eigenvalue weighted by molar-refractivity contribution is 0.351. The minimum atomic E-state index is 0.835. The fraction of sp³-hybridized carbons (Fsp3) is 0.381. The molecule has 3 rings (SSSR count). The molecule has 1 aliphatic heterocycles. The second-order valence-corrected chi connectivity index (χ2v) is 7.08. The van der Waals surface area contributed by atoms with Gasteiger partial charge in [-0.15, -0.1) is 0 Å². The molecule has 0 saturated carbocycles. The van der Waals surface area contributed by atoms with Crippen LogP contribution < -0.4 is 0 Å². The molecule has 24 heavy (non-hydrogen) atoms. The standard InChI is InChI=1S/C21H25ClN2/c1-16-13-21(23-15-24-10-6-3-7-11-24)17(2)12-19(16)14-18-8-4-5-9-20(18)22/h4-5,8-9,12-13,15H,3,6-7,10-11,14H2,1-2H3. The van der Waals surface area contributed by atoms with Crippen LogP contribution in [0.15, 0.2) is 41.4 Å². The summed E-state index contributed by atoms with van der Waals surface area (Å²) in [6.07, 6.45) is 6.79. The Hall–Kier alpha value is -1.80. The smallest absolute Gasteiger partial charge is 0.0912 e. The summed E-state index contributed by atoms with van der Waals surface area (Å²) in [5.41, 5.74) is 6.05. The number of aliphatic imine (C=N–C) groups is 1. The molecule has 0 aliphatic carbocycles. The van der Waals surface area contributed by atoms with Gasteiger partial charge in [-0.3, -0.25) is 0 Å². The highest BCUT2D eigenvalue weighted by Gasteiger charge is 2.09. The highest BCUT2D eigenvalue weighted by Crippen LogP contribution is 2.27. The van der Waals surface area contributed by atoms with Gasteiger partial charge >= 0.3 is 0 Å². The summed E-state index contributed by atoms with van der Waals surface area (Å²) in [7, 11) is 0. The zero-order chi connectivity index (χ0) is 16.9. The largest absolute Gasteiger partial charge is 0.363 e. The van der Waals surface area contributed by atoms with Crippen LogP contribution in [0.4, 0.5) is 5.69 Å². The molecule has 0 bridgehead atoms. The first-order valence-corrected chi connectivity index (χ1v) is 9.13. The first kappa shape index (κ1) is 17.0. The van der Waals surface area contributed by atoms with E-state index in [1.165, 1.54) is 41.5 Å². The zero-order valence-electron chi connectivity index (χ0n) is 14.6. The molecule has 0 amide bonds. The number of halogens is 1. The minimum Gasteiger partial charge on any atom is -0.363 e. The van der Waals surface area contributed by atoms with Crippen molar-refractivity contribution in [2.75, 3.05) is 13.1 Å². The number of hydrogen-bond donors (Lipinski definition) is 0. The van der Waals surface area contributed by atoms with Crippen molar-refractivity contribution in [3.8, 4) is 0 Å².